The van der Waals surface area contributed by atoms with E-state index in [1.165, 1.54) is 0 Å². The van der Waals surface area contributed by atoms with E-state index in [9.17, 15) is 9.59 Å². The Morgan fingerprint density at radius 1 is 1.30 bits per heavy atom. The SMILES string of the molecule is CN1C(=O)C(C)(C)c2cc(C(=O)NCc3cccnc3)ccc21. The Morgan fingerprint density at radius 2 is 2.09 bits per heavy atom. The molecule has 2 amide bonds. The van der Waals surface area contributed by atoms with Gasteiger partial charge in [0.15, 0.2) is 0 Å². The van der Waals surface area contributed by atoms with Gasteiger partial charge in [0.2, 0.25) is 5.91 Å². The van der Waals surface area contributed by atoms with Gasteiger partial charge >= 0.3 is 0 Å². The summed E-state index contributed by atoms with van der Waals surface area (Å²) in [5.41, 5.74) is 2.65. The number of hydrogen-bond acceptors (Lipinski definition) is 3. The van der Waals surface area contributed by atoms with Crippen LogP contribution in [0.5, 0.6) is 0 Å². The minimum atomic E-state index is -0.607. The van der Waals surface area contributed by atoms with Crippen molar-refractivity contribution in [2.45, 2.75) is 25.8 Å². The zero-order valence-electron chi connectivity index (χ0n) is 13.5. The van der Waals surface area contributed by atoms with Gasteiger partial charge in [-0.3, -0.25) is 14.6 Å². The van der Waals surface area contributed by atoms with Crippen LogP contribution in [0.15, 0.2) is 42.7 Å². The summed E-state index contributed by atoms with van der Waals surface area (Å²) in [6.45, 7) is 4.19. The monoisotopic (exact) mass is 309 g/mol. The van der Waals surface area contributed by atoms with Gasteiger partial charge in [-0.05, 0) is 49.2 Å². The molecule has 0 saturated carbocycles. The molecule has 3 rings (SSSR count). The van der Waals surface area contributed by atoms with E-state index in [4.69, 9.17) is 0 Å². The van der Waals surface area contributed by atoms with Gasteiger partial charge in [-0.25, -0.2) is 0 Å². The molecule has 0 fully saturated rings. The molecule has 0 unspecified atom stereocenters. The first kappa shape index (κ1) is 15.2. The lowest BCUT2D eigenvalue weighted by atomic mass is 9.85. The van der Waals surface area contributed by atoms with E-state index in [0.29, 0.717) is 12.1 Å². The van der Waals surface area contributed by atoms with Gasteiger partial charge in [0, 0.05) is 37.2 Å². The van der Waals surface area contributed by atoms with Gasteiger partial charge < -0.3 is 10.2 Å². The van der Waals surface area contributed by atoms with Crippen molar-refractivity contribution in [1.29, 1.82) is 0 Å². The Labute approximate surface area is 135 Å². The van der Waals surface area contributed by atoms with Crippen molar-refractivity contribution in [1.82, 2.24) is 10.3 Å². The molecule has 2 heterocycles. The third-order valence-electron chi connectivity index (χ3n) is 4.31. The molecule has 0 bridgehead atoms. The molecule has 0 atom stereocenters. The maximum Gasteiger partial charge on any atom is 0.251 e. The fraction of sp³-hybridized carbons (Fsp3) is 0.278. The van der Waals surface area contributed by atoms with Gasteiger partial charge in [-0.1, -0.05) is 6.07 Å². The summed E-state index contributed by atoms with van der Waals surface area (Å²) in [5.74, 6) is -0.116. The van der Waals surface area contributed by atoms with Gasteiger partial charge in [0.1, 0.15) is 0 Å². The van der Waals surface area contributed by atoms with Crippen LogP contribution in [0, 0.1) is 0 Å². The number of nitrogens with one attached hydrogen (secondary N) is 1. The Kier molecular flexibility index (Phi) is 3.64. The number of rotatable bonds is 3. The minimum absolute atomic E-state index is 0.0421. The first-order chi connectivity index (χ1) is 10.9. The summed E-state index contributed by atoms with van der Waals surface area (Å²) in [7, 11) is 1.76. The van der Waals surface area contributed by atoms with Gasteiger partial charge in [-0.15, -0.1) is 0 Å². The lowest BCUT2D eigenvalue weighted by molar-refractivity contribution is -0.121. The molecule has 2 aromatic rings. The molecule has 0 saturated heterocycles. The number of aromatic nitrogens is 1. The fourth-order valence-corrected chi connectivity index (χ4v) is 2.90. The third kappa shape index (κ3) is 2.59. The highest BCUT2D eigenvalue weighted by Crippen LogP contribution is 2.40. The second kappa shape index (κ2) is 5.50. The van der Waals surface area contributed by atoms with E-state index in [2.05, 4.69) is 10.3 Å². The van der Waals surface area contributed by atoms with Gasteiger partial charge in [0.25, 0.3) is 5.91 Å². The van der Waals surface area contributed by atoms with E-state index in [1.54, 1.807) is 30.4 Å². The van der Waals surface area contributed by atoms with E-state index >= 15 is 0 Å². The molecule has 0 aliphatic carbocycles. The molecule has 1 aromatic heterocycles. The summed E-state index contributed by atoms with van der Waals surface area (Å²) < 4.78 is 0. The van der Waals surface area contributed by atoms with Crippen molar-refractivity contribution in [3.8, 4) is 0 Å². The van der Waals surface area contributed by atoms with E-state index < -0.39 is 5.41 Å². The van der Waals surface area contributed by atoms with Crippen LogP contribution in [0.3, 0.4) is 0 Å². The Bertz CT molecular complexity index is 769. The minimum Gasteiger partial charge on any atom is -0.348 e. The predicted molar refractivity (Wildman–Crippen MR) is 88.3 cm³/mol. The van der Waals surface area contributed by atoms with Crippen molar-refractivity contribution in [3.63, 3.8) is 0 Å². The van der Waals surface area contributed by atoms with Crippen LogP contribution in [0.1, 0.15) is 35.3 Å². The van der Waals surface area contributed by atoms with Crippen molar-refractivity contribution >= 4 is 17.5 Å². The number of amides is 2. The van der Waals surface area contributed by atoms with Gasteiger partial charge in [-0.2, -0.15) is 0 Å². The van der Waals surface area contributed by atoms with E-state index in [-0.39, 0.29) is 11.8 Å². The fourth-order valence-electron chi connectivity index (χ4n) is 2.90. The Morgan fingerprint density at radius 3 is 2.78 bits per heavy atom. The van der Waals surface area contributed by atoms with Crippen molar-refractivity contribution in [2.75, 3.05) is 11.9 Å². The number of fused-ring (bicyclic) bond motifs is 1. The predicted octanol–water partition coefficient (Wildman–Crippen LogP) is 2.27. The molecular weight excluding hydrogens is 290 g/mol. The molecule has 5 heteroatoms. The summed E-state index contributed by atoms with van der Waals surface area (Å²) in [6, 6.07) is 9.15. The van der Waals surface area contributed by atoms with Crippen LogP contribution in [0.4, 0.5) is 5.69 Å². The molecule has 1 aliphatic rings. The Hall–Kier alpha value is -2.69. The second-order valence-corrected chi connectivity index (χ2v) is 6.27. The quantitative estimate of drug-likeness (QED) is 0.946. The third-order valence-corrected chi connectivity index (χ3v) is 4.31. The zero-order chi connectivity index (χ0) is 16.6. The van der Waals surface area contributed by atoms with Crippen LogP contribution < -0.4 is 10.2 Å². The van der Waals surface area contributed by atoms with Crippen LogP contribution in [0.25, 0.3) is 0 Å². The highest BCUT2D eigenvalue weighted by Gasteiger charge is 2.42. The van der Waals surface area contributed by atoms with Crippen LogP contribution in [-0.2, 0) is 16.8 Å². The van der Waals surface area contributed by atoms with Crippen LogP contribution >= 0.6 is 0 Å². The molecule has 1 N–H and O–H groups in total. The standard InChI is InChI=1S/C18H19N3O2/c1-18(2)14-9-13(6-7-15(14)21(3)17(18)23)16(22)20-11-12-5-4-8-19-10-12/h4-10H,11H2,1-3H3,(H,20,22). The number of benzene rings is 1. The zero-order valence-corrected chi connectivity index (χ0v) is 13.5. The molecular formula is C18H19N3O2. The molecule has 5 nitrogen and oxygen atoms in total. The first-order valence-corrected chi connectivity index (χ1v) is 7.51. The summed E-state index contributed by atoms with van der Waals surface area (Å²) in [6.07, 6.45) is 3.42. The normalized spacial score (nSPS) is 15.4. The van der Waals surface area contributed by atoms with Crippen molar-refractivity contribution in [2.24, 2.45) is 0 Å². The van der Waals surface area contributed by atoms with E-state index in [1.807, 2.05) is 38.1 Å². The molecule has 118 valence electrons. The lowest BCUT2D eigenvalue weighted by Crippen LogP contribution is -2.33. The topological polar surface area (TPSA) is 62.3 Å². The average Bonchev–Trinajstić information content (AvgIpc) is 2.74. The number of nitrogens with zero attached hydrogens (tertiary/aromatic N) is 2. The molecule has 23 heavy (non-hydrogen) atoms. The highest BCUT2D eigenvalue weighted by atomic mass is 16.2. The number of carbonyl (C=O) groups excluding carboxylic acids is 2. The smallest absolute Gasteiger partial charge is 0.251 e. The summed E-state index contributed by atoms with van der Waals surface area (Å²) >= 11 is 0. The highest BCUT2D eigenvalue weighted by molar-refractivity contribution is 6.08. The number of carbonyl (C=O) groups is 2. The van der Waals surface area contributed by atoms with Crippen LogP contribution in [0.2, 0.25) is 0 Å². The van der Waals surface area contributed by atoms with Gasteiger partial charge in [0.05, 0.1) is 5.41 Å². The number of likely N-dealkylation sites (N-methyl/N-ethyl adjacent to an activating group) is 1. The maximum atomic E-state index is 12.4. The van der Waals surface area contributed by atoms with Crippen LogP contribution in [-0.4, -0.2) is 23.8 Å². The molecule has 1 aliphatic heterocycles. The largest absolute Gasteiger partial charge is 0.348 e. The number of pyridine rings is 1. The summed E-state index contributed by atoms with van der Waals surface area (Å²) in [5, 5.41) is 2.88. The maximum absolute atomic E-state index is 12.4. The first-order valence-electron chi connectivity index (χ1n) is 7.51. The molecule has 1 aromatic carbocycles. The van der Waals surface area contributed by atoms with E-state index in [0.717, 1.165) is 16.8 Å². The Balaban J connectivity index is 1.81. The summed E-state index contributed by atoms with van der Waals surface area (Å²) in [4.78, 5) is 30.3. The second-order valence-electron chi connectivity index (χ2n) is 6.27. The number of hydrogen-bond donors (Lipinski definition) is 1. The van der Waals surface area contributed by atoms with Crippen molar-refractivity contribution in [3.05, 3.63) is 59.4 Å². The lowest BCUT2D eigenvalue weighted by Gasteiger charge is -2.16. The average molecular weight is 309 g/mol. The molecule has 0 spiro atoms. The molecule has 0 radical (unpaired) electrons. The number of anilines is 1. The van der Waals surface area contributed by atoms with Crippen molar-refractivity contribution < 1.29 is 9.59 Å².